The number of anilines is 2. The molecule has 1 aromatic heterocycles. The Morgan fingerprint density at radius 1 is 1.20 bits per heavy atom. The van der Waals surface area contributed by atoms with E-state index in [2.05, 4.69) is 53.6 Å². The van der Waals surface area contributed by atoms with Gasteiger partial charge in [0.25, 0.3) is 0 Å². The van der Waals surface area contributed by atoms with Gasteiger partial charge in [-0.3, -0.25) is 0 Å². The molecule has 1 unspecified atom stereocenters. The number of nitrogens with zero attached hydrogens (tertiary/aromatic N) is 3. The predicted molar refractivity (Wildman–Crippen MR) is 84.8 cm³/mol. The third-order valence-electron chi connectivity index (χ3n) is 3.33. The smallest absolute Gasteiger partial charge is 0.148 e. The summed E-state index contributed by atoms with van der Waals surface area (Å²) >= 11 is 0. The number of nitrogens with one attached hydrogen (secondary N) is 2. The van der Waals surface area contributed by atoms with E-state index in [0.29, 0.717) is 17.8 Å². The lowest BCUT2D eigenvalue weighted by molar-refractivity contribution is 0.344. The Labute approximate surface area is 122 Å². The summed E-state index contributed by atoms with van der Waals surface area (Å²) in [5, 5.41) is 3.54. The van der Waals surface area contributed by atoms with Gasteiger partial charge in [0.05, 0.1) is 0 Å². The number of hydrogen-bond donors (Lipinski definition) is 3. The van der Waals surface area contributed by atoms with Crippen LogP contribution in [0.2, 0.25) is 0 Å². The van der Waals surface area contributed by atoms with Crippen molar-refractivity contribution in [3.05, 3.63) is 11.4 Å². The van der Waals surface area contributed by atoms with Crippen molar-refractivity contribution in [3.8, 4) is 0 Å². The number of aromatic nitrogens is 2. The van der Waals surface area contributed by atoms with Crippen LogP contribution < -0.4 is 16.6 Å². The molecule has 0 saturated heterocycles. The molecule has 1 atom stereocenters. The van der Waals surface area contributed by atoms with Gasteiger partial charge in [-0.2, -0.15) is 0 Å². The van der Waals surface area contributed by atoms with Crippen LogP contribution in [-0.4, -0.2) is 41.5 Å². The Morgan fingerprint density at radius 2 is 1.80 bits per heavy atom. The molecule has 0 saturated carbocycles. The van der Waals surface area contributed by atoms with Crippen molar-refractivity contribution in [3.63, 3.8) is 0 Å². The van der Waals surface area contributed by atoms with Gasteiger partial charge in [0.1, 0.15) is 17.5 Å². The van der Waals surface area contributed by atoms with Crippen molar-refractivity contribution in [2.24, 2.45) is 11.8 Å². The molecular weight excluding hydrogens is 252 g/mol. The lowest BCUT2D eigenvalue weighted by Crippen LogP contribution is -2.37. The summed E-state index contributed by atoms with van der Waals surface area (Å²) < 4.78 is 0. The molecule has 0 aromatic carbocycles. The minimum atomic E-state index is 0.328. The third kappa shape index (κ3) is 4.31. The van der Waals surface area contributed by atoms with Gasteiger partial charge in [0, 0.05) is 24.6 Å². The number of hydrogen-bond acceptors (Lipinski definition) is 6. The van der Waals surface area contributed by atoms with Crippen LogP contribution in [-0.2, 0) is 6.42 Å². The Bertz CT molecular complexity index is 430. The normalized spacial score (nSPS) is 12.8. The summed E-state index contributed by atoms with van der Waals surface area (Å²) in [6.07, 6.45) is 0.781. The Kier molecular flexibility index (Phi) is 6.16. The van der Waals surface area contributed by atoms with E-state index in [0.717, 1.165) is 30.2 Å². The first kappa shape index (κ1) is 16.7. The van der Waals surface area contributed by atoms with Crippen molar-refractivity contribution in [1.82, 2.24) is 14.9 Å². The van der Waals surface area contributed by atoms with Crippen LogP contribution in [0.25, 0.3) is 0 Å². The molecule has 0 spiro atoms. The predicted octanol–water partition coefficient (Wildman–Crippen LogP) is 1.63. The molecule has 1 aromatic rings. The SMILES string of the molecule is CCc1nc(NN)c(C)c(NC(CN(C)C)C(C)C)n1. The topological polar surface area (TPSA) is 79.1 Å². The van der Waals surface area contributed by atoms with Gasteiger partial charge in [0.15, 0.2) is 0 Å². The van der Waals surface area contributed by atoms with E-state index in [-0.39, 0.29) is 0 Å². The lowest BCUT2D eigenvalue weighted by Gasteiger charge is -2.27. The molecule has 4 N–H and O–H groups in total. The maximum absolute atomic E-state index is 5.54. The van der Waals surface area contributed by atoms with Crippen LogP contribution in [0.4, 0.5) is 11.6 Å². The van der Waals surface area contributed by atoms with Gasteiger partial charge in [-0.15, -0.1) is 0 Å². The highest BCUT2D eigenvalue weighted by molar-refractivity contribution is 5.57. The first-order valence-corrected chi connectivity index (χ1v) is 7.14. The number of hydrazine groups is 1. The monoisotopic (exact) mass is 280 g/mol. The Morgan fingerprint density at radius 3 is 2.25 bits per heavy atom. The molecule has 0 bridgehead atoms. The minimum absolute atomic E-state index is 0.328. The van der Waals surface area contributed by atoms with E-state index < -0.39 is 0 Å². The second kappa shape index (κ2) is 7.40. The van der Waals surface area contributed by atoms with E-state index in [1.807, 2.05) is 13.8 Å². The fraction of sp³-hybridized carbons (Fsp3) is 0.714. The Balaban J connectivity index is 3.04. The first-order chi connectivity index (χ1) is 9.38. The van der Waals surface area contributed by atoms with Crippen LogP contribution in [0.1, 0.15) is 32.2 Å². The number of nitrogens with two attached hydrogens (primary N) is 1. The maximum atomic E-state index is 5.54. The molecular formula is C14H28N6. The van der Waals surface area contributed by atoms with Crippen LogP contribution in [0, 0.1) is 12.8 Å². The van der Waals surface area contributed by atoms with E-state index in [1.165, 1.54) is 0 Å². The average Bonchev–Trinajstić information content (AvgIpc) is 2.39. The van der Waals surface area contributed by atoms with Gasteiger partial charge in [-0.05, 0) is 26.9 Å². The highest BCUT2D eigenvalue weighted by Crippen LogP contribution is 2.21. The number of likely N-dealkylation sites (N-methyl/N-ethyl adjacent to an activating group) is 1. The van der Waals surface area contributed by atoms with Crippen LogP contribution in [0.5, 0.6) is 0 Å². The van der Waals surface area contributed by atoms with Gasteiger partial charge in [-0.25, -0.2) is 15.8 Å². The van der Waals surface area contributed by atoms with E-state index >= 15 is 0 Å². The van der Waals surface area contributed by atoms with Gasteiger partial charge in [-0.1, -0.05) is 20.8 Å². The third-order valence-corrected chi connectivity index (χ3v) is 3.33. The lowest BCUT2D eigenvalue weighted by atomic mass is 10.0. The second-order valence-electron chi connectivity index (χ2n) is 5.72. The minimum Gasteiger partial charge on any atom is -0.365 e. The van der Waals surface area contributed by atoms with E-state index in [9.17, 15) is 0 Å². The standard InChI is InChI=1S/C14H28N6/c1-7-12-17-13(10(4)14(18-12)19-15)16-11(9(2)3)8-20(5)6/h9,11H,7-8,15H2,1-6H3,(H2,16,17,18,19). The molecule has 20 heavy (non-hydrogen) atoms. The van der Waals surface area contributed by atoms with Crippen molar-refractivity contribution >= 4 is 11.6 Å². The summed E-state index contributed by atoms with van der Waals surface area (Å²) in [7, 11) is 4.16. The first-order valence-electron chi connectivity index (χ1n) is 7.14. The number of aryl methyl sites for hydroxylation is 1. The molecule has 114 valence electrons. The zero-order chi connectivity index (χ0) is 15.3. The molecule has 6 heteroatoms. The summed E-state index contributed by atoms with van der Waals surface area (Å²) in [6, 6.07) is 0.328. The van der Waals surface area contributed by atoms with Crippen molar-refractivity contribution in [2.75, 3.05) is 31.4 Å². The molecule has 0 aliphatic carbocycles. The zero-order valence-electron chi connectivity index (χ0n) is 13.5. The molecule has 1 heterocycles. The fourth-order valence-corrected chi connectivity index (χ4v) is 1.99. The van der Waals surface area contributed by atoms with Crippen molar-refractivity contribution in [2.45, 2.75) is 40.2 Å². The van der Waals surface area contributed by atoms with E-state index in [1.54, 1.807) is 0 Å². The Hall–Kier alpha value is -1.40. The second-order valence-corrected chi connectivity index (χ2v) is 5.72. The number of nitrogen functional groups attached to an aromatic ring is 1. The quantitative estimate of drug-likeness (QED) is 0.520. The number of rotatable bonds is 7. The zero-order valence-corrected chi connectivity index (χ0v) is 13.5. The molecule has 0 aliphatic heterocycles. The molecule has 0 aliphatic rings. The van der Waals surface area contributed by atoms with Crippen molar-refractivity contribution in [1.29, 1.82) is 0 Å². The average molecular weight is 280 g/mol. The molecule has 0 radical (unpaired) electrons. The van der Waals surface area contributed by atoms with Crippen molar-refractivity contribution < 1.29 is 0 Å². The highest BCUT2D eigenvalue weighted by atomic mass is 15.3. The molecule has 0 amide bonds. The molecule has 1 rings (SSSR count). The molecule has 0 fully saturated rings. The summed E-state index contributed by atoms with van der Waals surface area (Å²) in [4.78, 5) is 11.2. The van der Waals surface area contributed by atoms with E-state index in [4.69, 9.17) is 5.84 Å². The summed E-state index contributed by atoms with van der Waals surface area (Å²) in [5.74, 6) is 8.39. The fourth-order valence-electron chi connectivity index (χ4n) is 1.99. The van der Waals surface area contributed by atoms with Gasteiger partial charge in [0.2, 0.25) is 0 Å². The van der Waals surface area contributed by atoms with Gasteiger partial charge < -0.3 is 15.6 Å². The largest absolute Gasteiger partial charge is 0.365 e. The molecule has 6 nitrogen and oxygen atoms in total. The summed E-state index contributed by atoms with van der Waals surface area (Å²) in [5.41, 5.74) is 3.60. The highest BCUT2D eigenvalue weighted by Gasteiger charge is 2.17. The summed E-state index contributed by atoms with van der Waals surface area (Å²) in [6.45, 7) is 9.38. The maximum Gasteiger partial charge on any atom is 0.148 e. The van der Waals surface area contributed by atoms with Crippen LogP contribution in [0.3, 0.4) is 0 Å². The van der Waals surface area contributed by atoms with Gasteiger partial charge >= 0.3 is 0 Å². The van der Waals surface area contributed by atoms with Crippen LogP contribution >= 0.6 is 0 Å². The van der Waals surface area contributed by atoms with Crippen LogP contribution in [0.15, 0.2) is 0 Å².